The Morgan fingerprint density at radius 3 is 2.25 bits per heavy atom. The van der Waals surface area contributed by atoms with Crippen LogP contribution in [0.3, 0.4) is 0 Å². The van der Waals surface area contributed by atoms with Gasteiger partial charge in [0.1, 0.15) is 11.3 Å². The maximum absolute atomic E-state index is 11.4. The zero-order chi connectivity index (χ0) is 14.9. The number of carboxylic acid groups (broad SMARTS) is 1. The van der Waals surface area contributed by atoms with Crippen molar-refractivity contribution in [1.82, 2.24) is 4.98 Å². The fourth-order valence-corrected chi connectivity index (χ4v) is 2.19. The van der Waals surface area contributed by atoms with Gasteiger partial charge in [0.05, 0.1) is 0 Å². The first-order chi connectivity index (χ1) is 9.40. The predicted molar refractivity (Wildman–Crippen MR) is 76.7 cm³/mol. The van der Waals surface area contributed by atoms with Gasteiger partial charge in [-0.2, -0.15) is 0 Å². The highest BCUT2D eigenvalue weighted by Crippen LogP contribution is 2.31. The molecule has 0 saturated carbocycles. The van der Waals surface area contributed by atoms with Crippen molar-refractivity contribution in [1.29, 1.82) is 0 Å². The summed E-state index contributed by atoms with van der Waals surface area (Å²) in [6.07, 6.45) is 0. The number of pyridine rings is 1. The number of aromatic carboxylic acids is 1. The van der Waals surface area contributed by atoms with Crippen LogP contribution in [0.25, 0.3) is 0 Å². The summed E-state index contributed by atoms with van der Waals surface area (Å²) in [5, 5.41) is 9.33. The molecule has 1 aromatic carbocycles. The third-order valence-corrected chi connectivity index (χ3v) is 3.13. The molecule has 0 radical (unpaired) electrons. The van der Waals surface area contributed by atoms with Crippen molar-refractivity contribution in [2.24, 2.45) is 0 Å². The standard InChI is InChI=1S/C16H17NO3/c1-9-6-5-7-10(2)14(9)20-15-13(16(18)19)11(3)8-12(4)17-15/h5-8H,1-4H3,(H,18,19). The maximum atomic E-state index is 11.4. The van der Waals surface area contributed by atoms with E-state index in [1.165, 1.54) is 0 Å². The lowest BCUT2D eigenvalue weighted by Gasteiger charge is -2.14. The molecular formula is C16H17NO3. The average molecular weight is 271 g/mol. The normalized spacial score (nSPS) is 10.4. The Labute approximate surface area is 118 Å². The number of carbonyl (C=O) groups is 1. The van der Waals surface area contributed by atoms with Crippen LogP contribution in [0.15, 0.2) is 24.3 Å². The Hall–Kier alpha value is -2.36. The molecule has 0 spiro atoms. The zero-order valence-electron chi connectivity index (χ0n) is 12.0. The summed E-state index contributed by atoms with van der Waals surface area (Å²) < 4.78 is 5.80. The van der Waals surface area contributed by atoms with Crippen LogP contribution in [0, 0.1) is 27.7 Å². The molecule has 20 heavy (non-hydrogen) atoms. The number of nitrogens with zero attached hydrogens (tertiary/aromatic N) is 1. The SMILES string of the molecule is Cc1cc(C)c(C(=O)O)c(Oc2c(C)cccc2C)n1. The highest BCUT2D eigenvalue weighted by Gasteiger charge is 2.19. The van der Waals surface area contributed by atoms with Crippen molar-refractivity contribution in [3.63, 3.8) is 0 Å². The van der Waals surface area contributed by atoms with E-state index in [0.29, 0.717) is 11.3 Å². The van der Waals surface area contributed by atoms with E-state index in [2.05, 4.69) is 4.98 Å². The summed E-state index contributed by atoms with van der Waals surface area (Å²) in [5.74, 6) is -0.226. The second kappa shape index (κ2) is 5.33. The molecule has 4 nitrogen and oxygen atoms in total. The molecule has 0 saturated heterocycles. The first kappa shape index (κ1) is 14.1. The number of para-hydroxylation sites is 1. The third kappa shape index (κ3) is 2.64. The van der Waals surface area contributed by atoms with E-state index in [4.69, 9.17) is 4.74 Å². The summed E-state index contributed by atoms with van der Waals surface area (Å²) in [5.41, 5.74) is 3.38. The first-order valence-electron chi connectivity index (χ1n) is 6.35. The predicted octanol–water partition coefficient (Wildman–Crippen LogP) is 3.81. The van der Waals surface area contributed by atoms with Gasteiger partial charge in [-0.25, -0.2) is 9.78 Å². The Balaban J connectivity index is 2.56. The Morgan fingerprint density at radius 2 is 1.70 bits per heavy atom. The van der Waals surface area contributed by atoms with E-state index >= 15 is 0 Å². The molecule has 0 unspecified atom stereocenters. The fraction of sp³-hybridized carbons (Fsp3) is 0.250. The van der Waals surface area contributed by atoms with Crippen molar-refractivity contribution in [3.05, 3.63) is 52.2 Å². The van der Waals surface area contributed by atoms with Gasteiger partial charge < -0.3 is 9.84 Å². The van der Waals surface area contributed by atoms with Gasteiger partial charge in [-0.3, -0.25) is 0 Å². The van der Waals surface area contributed by atoms with E-state index in [1.807, 2.05) is 39.0 Å². The van der Waals surface area contributed by atoms with Gasteiger partial charge in [-0.05, 0) is 50.5 Å². The molecule has 0 fully saturated rings. The lowest BCUT2D eigenvalue weighted by Crippen LogP contribution is -2.06. The summed E-state index contributed by atoms with van der Waals surface area (Å²) in [6.45, 7) is 7.41. The van der Waals surface area contributed by atoms with Crippen LogP contribution in [-0.2, 0) is 0 Å². The highest BCUT2D eigenvalue weighted by atomic mass is 16.5. The molecule has 0 aliphatic carbocycles. The molecule has 0 bridgehead atoms. The van der Waals surface area contributed by atoms with Gasteiger partial charge in [0.15, 0.2) is 0 Å². The van der Waals surface area contributed by atoms with Gasteiger partial charge >= 0.3 is 5.97 Å². The van der Waals surface area contributed by atoms with Crippen LogP contribution in [0.5, 0.6) is 11.6 Å². The lowest BCUT2D eigenvalue weighted by molar-refractivity contribution is 0.0692. The van der Waals surface area contributed by atoms with Crippen molar-refractivity contribution < 1.29 is 14.6 Å². The number of hydrogen-bond acceptors (Lipinski definition) is 3. The van der Waals surface area contributed by atoms with Crippen molar-refractivity contribution in [3.8, 4) is 11.6 Å². The molecule has 2 rings (SSSR count). The molecule has 104 valence electrons. The molecule has 1 N–H and O–H groups in total. The summed E-state index contributed by atoms with van der Waals surface area (Å²) in [7, 11) is 0. The van der Waals surface area contributed by atoms with Crippen LogP contribution in [0.2, 0.25) is 0 Å². The van der Waals surface area contributed by atoms with Crippen molar-refractivity contribution >= 4 is 5.97 Å². The van der Waals surface area contributed by atoms with Gasteiger partial charge in [0.25, 0.3) is 0 Å². The van der Waals surface area contributed by atoms with Gasteiger partial charge in [0, 0.05) is 5.69 Å². The minimum Gasteiger partial charge on any atom is -0.477 e. The Bertz CT molecular complexity index is 657. The topological polar surface area (TPSA) is 59.4 Å². The maximum Gasteiger partial charge on any atom is 0.341 e. The van der Waals surface area contributed by atoms with Crippen LogP contribution in [-0.4, -0.2) is 16.1 Å². The van der Waals surface area contributed by atoms with Crippen LogP contribution >= 0.6 is 0 Å². The average Bonchev–Trinajstić information content (AvgIpc) is 2.32. The van der Waals surface area contributed by atoms with Crippen molar-refractivity contribution in [2.45, 2.75) is 27.7 Å². The minimum atomic E-state index is -1.03. The second-order valence-corrected chi connectivity index (χ2v) is 4.89. The molecule has 0 aliphatic heterocycles. The van der Waals surface area contributed by atoms with Gasteiger partial charge in [0.2, 0.25) is 5.88 Å². The lowest BCUT2D eigenvalue weighted by atomic mass is 10.1. The summed E-state index contributed by atoms with van der Waals surface area (Å²) >= 11 is 0. The molecule has 0 amide bonds. The number of benzene rings is 1. The first-order valence-corrected chi connectivity index (χ1v) is 6.35. The molecule has 4 heteroatoms. The number of carboxylic acids is 1. The molecular weight excluding hydrogens is 254 g/mol. The fourth-order valence-electron chi connectivity index (χ4n) is 2.19. The number of hydrogen-bond donors (Lipinski definition) is 1. The Morgan fingerprint density at radius 1 is 1.10 bits per heavy atom. The summed E-state index contributed by atoms with van der Waals surface area (Å²) in [6, 6.07) is 7.52. The molecule has 2 aromatic rings. The van der Waals surface area contributed by atoms with E-state index in [-0.39, 0.29) is 11.4 Å². The molecule has 1 heterocycles. The molecule has 1 aromatic heterocycles. The zero-order valence-corrected chi connectivity index (χ0v) is 12.0. The number of aryl methyl sites for hydroxylation is 4. The van der Waals surface area contributed by atoms with E-state index < -0.39 is 5.97 Å². The minimum absolute atomic E-state index is 0.109. The number of ether oxygens (including phenoxy) is 1. The van der Waals surface area contributed by atoms with Crippen LogP contribution in [0.4, 0.5) is 0 Å². The smallest absolute Gasteiger partial charge is 0.341 e. The number of aromatic nitrogens is 1. The van der Waals surface area contributed by atoms with Gasteiger partial charge in [-0.1, -0.05) is 18.2 Å². The Kier molecular flexibility index (Phi) is 3.74. The number of rotatable bonds is 3. The highest BCUT2D eigenvalue weighted by molar-refractivity contribution is 5.92. The van der Waals surface area contributed by atoms with Crippen LogP contribution in [0.1, 0.15) is 32.7 Å². The van der Waals surface area contributed by atoms with E-state index in [9.17, 15) is 9.90 Å². The third-order valence-electron chi connectivity index (χ3n) is 3.13. The quantitative estimate of drug-likeness (QED) is 0.922. The van der Waals surface area contributed by atoms with E-state index in [1.54, 1.807) is 13.0 Å². The second-order valence-electron chi connectivity index (χ2n) is 4.89. The summed E-state index contributed by atoms with van der Waals surface area (Å²) in [4.78, 5) is 15.6. The molecule has 0 aliphatic rings. The molecule has 0 atom stereocenters. The van der Waals surface area contributed by atoms with Crippen molar-refractivity contribution in [2.75, 3.05) is 0 Å². The largest absolute Gasteiger partial charge is 0.477 e. The van der Waals surface area contributed by atoms with Gasteiger partial charge in [-0.15, -0.1) is 0 Å². The van der Waals surface area contributed by atoms with Crippen LogP contribution < -0.4 is 4.74 Å². The monoisotopic (exact) mass is 271 g/mol. The van der Waals surface area contributed by atoms with E-state index in [0.717, 1.165) is 16.8 Å².